The molecule has 164 valence electrons. The molecule has 31 heavy (non-hydrogen) atoms. The lowest BCUT2D eigenvalue weighted by molar-refractivity contribution is -0.158. The largest absolute Gasteiger partial charge is 0.409 e. The number of hydrogen-bond donors (Lipinski definition) is 1. The van der Waals surface area contributed by atoms with Crippen molar-refractivity contribution >= 4 is 23.2 Å². The Labute approximate surface area is 176 Å². The highest BCUT2D eigenvalue weighted by Crippen LogP contribution is 2.38. The van der Waals surface area contributed by atoms with Gasteiger partial charge in [-0.05, 0) is 48.7 Å². The number of amides is 2. The van der Waals surface area contributed by atoms with E-state index < -0.39 is 36.3 Å². The highest BCUT2D eigenvalue weighted by molar-refractivity contribution is 6.05. The molecule has 0 radical (unpaired) electrons. The van der Waals surface area contributed by atoms with Gasteiger partial charge in [0.2, 0.25) is 11.8 Å². The maximum Gasteiger partial charge on any atom is 0.409 e. The van der Waals surface area contributed by atoms with Crippen molar-refractivity contribution in [2.24, 2.45) is 0 Å². The molecule has 2 unspecified atom stereocenters. The number of hydrogen-bond acceptors (Lipinski definition) is 3. The van der Waals surface area contributed by atoms with Crippen LogP contribution in [0.4, 0.5) is 28.9 Å². The van der Waals surface area contributed by atoms with Crippen molar-refractivity contribution in [2.75, 3.05) is 23.3 Å². The predicted octanol–water partition coefficient (Wildman–Crippen LogP) is 4.05. The minimum atomic E-state index is -4.78. The summed E-state index contributed by atoms with van der Waals surface area (Å²) in [6.45, 7) is 1.97. The zero-order chi connectivity index (χ0) is 22.3. The van der Waals surface area contributed by atoms with Crippen molar-refractivity contribution in [3.63, 3.8) is 0 Å². The predicted molar refractivity (Wildman–Crippen MR) is 107 cm³/mol. The minimum Gasteiger partial charge on any atom is -0.324 e. The van der Waals surface area contributed by atoms with Crippen LogP contribution in [0.3, 0.4) is 0 Å². The Morgan fingerprint density at radius 3 is 2.68 bits per heavy atom. The molecular weight excluding hydrogens is 414 g/mol. The summed E-state index contributed by atoms with van der Waals surface area (Å²) in [5, 5.41) is 2.45. The molecule has 9 heteroatoms. The topological polar surface area (TPSA) is 52.7 Å². The van der Waals surface area contributed by atoms with E-state index in [2.05, 4.69) is 5.32 Å². The van der Waals surface area contributed by atoms with Gasteiger partial charge in [0.15, 0.2) is 0 Å². The van der Waals surface area contributed by atoms with E-state index in [9.17, 15) is 27.2 Å². The molecule has 2 aliphatic rings. The monoisotopic (exact) mass is 435 g/mol. The average Bonchev–Trinajstić information content (AvgIpc) is 2.86. The summed E-state index contributed by atoms with van der Waals surface area (Å²) in [4.78, 5) is 27.7. The van der Waals surface area contributed by atoms with E-state index in [1.807, 2.05) is 0 Å². The normalized spacial score (nSPS) is 21.7. The molecule has 0 saturated heterocycles. The minimum absolute atomic E-state index is 0.0109. The van der Waals surface area contributed by atoms with Crippen molar-refractivity contribution in [2.45, 2.75) is 38.0 Å². The van der Waals surface area contributed by atoms with Crippen molar-refractivity contribution in [1.82, 2.24) is 4.90 Å². The zero-order valence-electron chi connectivity index (χ0n) is 16.7. The van der Waals surface area contributed by atoms with E-state index in [1.165, 1.54) is 30.3 Å². The van der Waals surface area contributed by atoms with Gasteiger partial charge in [0, 0.05) is 12.6 Å². The smallest absolute Gasteiger partial charge is 0.324 e. The van der Waals surface area contributed by atoms with Crippen LogP contribution in [0.1, 0.15) is 30.5 Å². The summed E-state index contributed by atoms with van der Waals surface area (Å²) < 4.78 is 55.3. The first-order valence-electron chi connectivity index (χ1n) is 9.95. The van der Waals surface area contributed by atoms with Crippen molar-refractivity contribution in [3.8, 4) is 0 Å². The molecule has 5 nitrogen and oxygen atoms in total. The van der Waals surface area contributed by atoms with Gasteiger partial charge in [-0.3, -0.25) is 19.4 Å². The summed E-state index contributed by atoms with van der Waals surface area (Å²) in [5.74, 6) is -1.97. The van der Waals surface area contributed by atoms with Gasteiger partial charge in [-0.15, -0.1) is 0 Å². The second-order valence-electron chi connectivity index (χ2n) is 7.83. The fourth-order valence-corrected chi connectivity index (χ4v) is 4.30. The number of carbonyl (C=O) groups excluding carboxylic acids is 2. The highest BCUT2D eigenvalue weighted by Gasteiger charge is 2.49. The van der Waals surface area contributed by atoms with E-state index >= 15 is 0 Å². The number of fused-ring (bicyclic) bond motifs is 2. The lowest BCUT2D eigenvalue weighted by atomic mass is 9.93. The molecule has 2 aromatic rings. The Hall–Kier alpha value is -2.94. The second-order valence-corrected chi connectivity index (χ2v) is 7.83. The van der Waals surface area contributed by atoms with E-state index in [-0.39, 0.29) is 24.0 Å². The molecule has 0 bridgehead atoms. The summed E-state index contributed by atoms with van der Waals surface area (Å²) in [6.07, 6.45) is -5.10. The van der Waals surface area contributed by atoms with Gasteiger partial charge >= 0.3 is 6.18 Å². The van der Waals surface area contributed by atoms with Gasteiger partial charge in [-0.25, -0.2) is 4.39 Å². The van der Waals surface area contributed by atoms with Crippen molar-refractivity contribution < 1.29 is 27.2 Å². The van der Waals surface area contributed by atoms with Crippen LogP contribution in [-0.2, 0) is 16.0 Å². The first-order valence-corrected chi connectivity index (χ1v) is 9.95. The Bertz CT molecular complexity index is 1020. The Morgan fingerprint density at radius 1 is 1.19 bits per heavy atom. The SMILES string of the molecule is CC1c2cc(F)ccc2CCN1CC(=O)N1c2ccccc2NC(=O)CC1C(F)(F)F. The van der Waals surface area contributed by atoms with Crippen LogP contribution < -0.4 is 10.2 Å². The van der Waals surface area contributed by atoms with Gasteiger partial charge in [-0.2, -0.15) is 13.2 Å². The van der Waals surface area contributed by atoms with Gasteiger partial charge in [0.25, 0.3) is 0 Å². The Morgan fingerprint density at radius 2 is 1.94 bits per heavy atom. The van der Waals surface area contributed by atoms with E-state index in [0.717, 1.165) is 11.1 Å². The third kappa shape index (κ3) is 4.14. The Balaban J connectivity index is 1.66. The molecule has 0 aromatic heterocycles. The highest BCUT2D eigenvalue weighted by atomic mass is 19.4. The molecule has 2 aliphatic heterocycles. The summed E-state index contributed by atoms with van der Waals surface area (Å²) >= 11 is 0. The molecule has 2 heterocycles. The van der Waals surface area contributed by atoms with Crippen molar-refractivity contribution in [1.29, 1.82) is 0 Å². The number of halogens is 4. The quantitative estimate of drug-likeness (QED) is 0.725. The first-order chi connectivity index (χ1) is 14.6. The second kappa shape index (κ2) is 7.96. The van der Waals surface area contributed by atoms with Crippen LogP contribution >= 0.6 is 0 Å². The number of para-hydroxylation sites is 2. The van der Waals surface area contributed by atoms with Gasteiger partial charge in [0.05, 0.1) is 24.3 Å². The van der Waals surface area contributed by atoms with Gasteiger partial charge in [0.1, 0.15) is 11.9 Å². The number of nitrogens with one attached hydrogen (secondary N) is 1. The average molecular weight is 435 g/mol. The van der Waals surface area contributed by atoms with Crippen LogP contribution in [0.15, 0.2) is 42.5 Å². The summed E-state index contributed by atoms with van der Waals surface area (Å²) in [5.41, 5.74) is 1.85. The zero-order valence-corrected chi connectivity index (χ0v) is 16.7. The molecule has 2 amide bonds. The molecule has 2 aromatic carbocycles. The van der Waals surface area contributed by atoms with Crippen LogP contribution in [0.5, 0.6) is 0 Å². The van der Waals surface area contributed by atoms with Crippen LogP contribution in [-0.4, -0.2) is 42.0 Å². The van der Waals surface area contributed by atoms with Crippen LogP contribution in [0.2, 0.25) is 0 Å². The number of alkyl halides is 3. The fraction of sp³-hybridized carbons (Fsp3) is 0.364. The molecule has 0 fully saturated rings. The van der Waals surface area contributed by atoms with Gasteiger partial charge < -0.3 is 5.32 Å². The van der Waals surface area contributed by atoms with Crippen LogP contribution in [0.25, 0.3) is 0 Å². The Kier molecular flexibility index (Phi) is 5.47. The van der Waals surface area contributed by atoms with E-state index in [0.29, 0.717) is 17.9 Å². The molecule has 0 spiro atoms. The third-order valence-corrected chi connectivity index (χ3v) is 5.89. The fourth-order valence-electron chi connectivity index (χ4n) is 4.30. The summed E-state index contributed by atoms with van der Waals surface area (Å²) in [7, 11) is 0. The standard InChI is InChI=1S/C22H21F4N3O2/c1-13-16-10-15(23)7-6-14(16)8-9-28(13)12-21(31)29-18-5-3-2-4-17(18)27-20(30)11-19(29)22(24,25)26/h2-7,10,13,19H,8-9,11-12H2,1H3,(H,27,30). The van der Waals surface area contributed by atoms with Crippen molar-refractivity contribution in [3.05, 3.63) is 59.4 Å². The number of anilines is 2. The lowest BCUT2D eigenvalue weighted by Crippen LogP contribution is -2.53. The maximum atomic E-state index is 13.9. The number of rotatable bonds is 2. The number of nitrogens with zero attached hydrogens (tertiary/aromatic N) is 2. The third-order valence-electron chi connectivity index (χ3n) is 5.89. The molecule has 1 N–H and O–H groups in total. The number of benzene rings is 2. The maximum absolute atomic E-state index is 13.9. The summed E-state index contributed by atoms with van der Waals surface area (Å²) in [6, 6.07) is 7.82. The lowest BCUT2D eigenvalue weighted by Gasteiger charge is -2.38. The molecule has 0 aliphatic carbocycles. The molecular formula is C22H21F4N3O2. The number of carbonyl (C=O) groups is 2. The molecule has 4 rings (SSSR count). The van der Waals surface area contributed by atoms with Gasteiger partial charge in [-0.1, -0.05) is 18.2 Å². The molecule has 0 saturated carbocycles. The first kappa shape index (κ1) is 21.3. The van der Waals surface area contributed by atoms with E-state index in [1.54, 1.807) is 24.0 Å². The van der Waals surface area contributed by atoms with E-state index in [4.69, 9.17) is 0 Å². The molecule has 2 atom stereocenters. The van der Waals surface area contributed by atoms with Crippen LogP contribution in [0, 0.1) is 5.82 Å².